The van der Waals surface area contributed by atoms with Crippen LogP contribution in [0.2, 0.25) is 0 Å². The molecule has 0 radical (unpaired) electrons. The zero-order chi connectivity index (χ0) is 15.4. The first kappa shape index (κ1) is 14.7. The number of aromatic nitrogens is 1. The molecule has 0 aliphatic carbocycles. The van der Waals surface area contributed by atoms with Gasteiger partial charge in [0.05, 0.1) is 5.52 Å². The summed E-state index contributed by atoms with van der Waals surface area (Å²) in [5.41, 5.74) is 3.68. The van der Waals surface area contributed by atoms with Crippen molar-refractivity contribution in [2.24, 2.45) is 5.92 Å². The Bertz CT molecular complexity index is 730. The van der Waals surface area contributed by atoms with Crippen molar-refractivity contribution in [1.82, 2.24) is 10.3 Å². The minimum absolute atomic E-state index is 0.347. The number of hydrogen-bond donors (Lipinski definition) is 1. The summed E-state index contributed by atoms with van der Waals surface area (Å²) >= 11 is 0. The molecule has 1 unspecified atom stereocenters. The van der Waals surface area contributed by atoms with Crippen LogP contribution in [0, 0.1) is 5.92 Å². The van der Waals surface area contributed by atoms with Crippen LogP contribution < -0.4 is 5.32 Å². The molecular weight excluding hydrogens is 268 g/mol. The van der Waals surface area contributed by atoms with E-state index in [2.05, 4.69) is 78.7 Å². The van der Waals surface area contributed by atoms with E-state index in [9.17, 15) is 0 Å². The first-order valence-corrected chi connectivity index (χ1v) is 7.86. The molecule has 2 nitrogen and oxygen atoms in total. The molecule has 0 aliphatic rings. The topological polar surface area (TPSA) is 24.9 Å². The van der Waals surface area contributed by atoms with Crippen LogP contribution in [0.15, 0.2) is 66.9 Å². The van der Waals surface area contributed by atoms with Gasteiger partial charge < -0.3 is 5.32 Å². The van der Waals surface area contributed by atoms with Gasteiger partial charge in [0.25, 0.3) is 0 Å². The predicted octanol–water partition coefficient (Wildman–Crippen LogP) is 4.72. The second kappa shape index (κ2) is 6.71. The zero-order valence-electron chi connectivity index (χ0n) is 13.2. The van der Waals surface area contributed by atoms with Gasteiger partial charge in [-0.05, 0) is 23.1 Å². The van der Waals surface area contributed by atoms with Crippen LogP contribution in [0.3, 0.4) is 0 Å². The van der Waals surface area contributed by atoms with E-state index in [1.165, 1.54) is 16.5 Å². The smallest absolute Gasteiger partial charge is 0.0746 e. The molecule has 3 rings (SSSR count). The summed E-state index contributed by atoms with van der Waals surface area (Å²) in [5, 5.41) is 4.90. The molecule has 22 heavy (non-hydrogen) atoms. The molecule has 0 spiro atoms. The van der Waals surface area contributed by atoms with Crippen LogP contribution in [-0.4, -0.2) is 4.98 Å². The summed E-state index contributed by atoms with van der Waals surface area (Å²) in [6.07, 6.45) is 1.86. The third-order valence-electron chi connectivity index (χ3n) is 4.05. The summed E-state index contributed by atoms with van der Waals surface area (Å²) in [6, 6.07) is 21.5. The number of hydrogen-bond acceptors (Lipinski definition) is 2. The molecule has 2 aromatic carbocycles. The second-order valence-corrected chi connectivity index (χ2v) is 6.01. The molecule has 1 atom stereocenters. The normalized spacial score (nSPS) is 12.7. The van der Waals surface area contributed by atoms with Gasteiger partial charge in [0.1, 0.15) is 0 Å². The third-order valence-corrected chi connectivity index (χ3v) is 4.05. The molecule has 1 N–H and O–H groups in total. The number of nitrogens with zero attached hydrogens (tertiary/aromatic N) is 1. The first-order chi connectivity index (χ1) is 10.8. The summed E-state index contributed by atoms with van der Waals surface area (Å²) in [7, 11) is 0. The van der Waals surface area contributed by atoms with Gasteiger partial charge in [-0.3, -0.25) is 4.98 Å². The summed E-state index contributed by atoms with van der Waals surface area (Å²) in [5.74, 6) is 0.533. The molecule has 1 heterocycles. The van der Waals surface area contributed by atoms with Gasteiger partial charge in [-0.25, -0.2) is 0 Å². The van der Waals surface area contributed by atoms with Crippen LogP contribution in [0.1, 0.15) is 31.0 Å². The fourth-order valence-corrected chi connectivity index (χ4v) is 2.93. The zero-order valence-corrected chi connectivity index (χ0v) is 13.2. The Morgan fingerprint density at radius 1 is 0.909 bits per heavy atom. The van der Waals surface area contributed by atoms with Crippen molar-refractivity contribution >= 4 is 10.9 Å². The van der Waals surface area contributed by atoms with Gasteiger partial charge >= 0.3 is 0 Å². The number of pyridine rings is 1. The Morgan fingerprint density at radius 2 is 1.68 bits per heavy atom. The number of fused-ring (bicyclic) bond motifs is 1. The van der Waals surface area contributed by atoms with Crippen molar-refractivity contribution in [2.75, 3.05) is 0 Å². The maximum atomic E-state index is 4.54. The third kappa shape index (κ3) is 3.18. The average molecular weight is 290 g/mol. The lowest BCUT2D eigenvalue weighted by molar-refractivity contribution is 0.411. The van der Waals surface area contributed by atoms with E-state index in [1.807, 2.05) is 12.3 Å². The molecule has 3 aromatic rings. The standard InChI is InChI=1S/C20H22N2/c1-15(2)19(16-8-4-3-5-9-16)22-14-18-11-6-10-17-12-7-13-21-20(17)18/h3-13,15,19,22H,14H2,1-2H3. The maximum absolute atomic E-state index is 4.54. The molecule has 0 fully saturated rings. The molecule has 0 saturated carbocycles. The Hall–Kier alpha value is -2.19. The molecule has 2 heteroatoms. The Morgan fingerprint density at radius 3 is 2.45 bits per heavy atom. The van der Waals surface area contributed by atoms with Crippen molar-refractivity contribution < 1.29 is 0 Å². The molecule has 1 aromatic heterocycles. The van der Waals surface area contributed by atoms with Gasteiger partial charge in [0.15, 0.2) is 0 Å². The summed E-state index contributed by atoms with van der Waals surface area (Å²) in [4.78, 5) is 4.54. The van der Waals surface area contributed by atoms with E-state index in [1.54, 1.807) is 0 Å². The van der Waals surface area contributed by atoms with E-state index in [0.717, 1.165) is 12.1 Å². The predicted molar refractivity (Wildman–Crippen MR) is 92.6 cm³/mol. The molecule has 112 valence electrons. The minimum Gasteiger partial charge on any atom is -0.306 e. The van der Waals surface area contributed by atoms with Gasteiger partial charge in [-0.1, -0.05) is 68.4 Å². The Kier molecular flexibility index (Phi) is 4.50. The lowest BCUT2D eigenvalue weighted by Crippen LogP contribution is -2.25. The summed E-state index contributed by atoms with van der Waals surface area (Å²) in [6.45, 7) is 5.34. The molecule has 0 amide bonds. The number of nitrogens with one attached hydrogen (secondary N) is 1. The van der Waals surface area contributed by atoms with E-state index in [4.69, 9.17) is 0 Å². The highest BCUT2D eigenvalue weighted by Crippen LogP contribution is 2.23. The van der Waals surface area contributed by atoms with Crippen LogP contribution in [0.5, 0.6) is 0 Å². The maximum Gasteiger partial charge on any atom is 0.0746 e. The molecule has 0 aliphatic heterocycles. The Balaban J connectivity index is 1.83. The molecule has 0 saturated heterocycles. The highest BCUT2D eigenvalue weighted by Gasteiger charge is 2.15. The van der Waals surface area contributed by atoms with Gasteiger partial charge in [-0.2, -0.15) is 0 Å². The van der Waals surface area contributed by atoms with E-state index in [-0.39, 0.29) is 0 Å². The van der Waals surface area contributed by atoms with Gasteiger partial charge in [0.2, 0.25) is 0 Å². The molecule has 0 bridgehead atoms. The lowest BCUT2D eigenvalue weighted by Gasteiger charge is -2.23. The molecular formula is C20H22N2. The van der Waals surface area contributed by atoms with Crippen LogP contribution in [-0.2, 0) is 6.54 Å². The van der Waals surface area contributed by atoms with Crippen molar-refractivity contribution in [3.63, 3.8) is 0 Å². The minimum atomic E-state index is 0.347. The number of para-hydroxylation sites is 1. The van der Waals surface area contributed by atoms with Crippen LogP contribution >= 0.6 is 0 Å². The van der Waals surface area contributed by atoms with Crippen molar-refractivity contribution in [1.29, 1.82) is 0 Å². The highest BCUT2D eigenvalue weighted by molar-refractivity contribution is 5.81. The largest absolute Gasteiger partial charge is 0.306 e. The quantitative estimate of drug-likeness (QED) is 0.735. The van der Waals surface area contributed by atoms with Crippen LogP contribution in [0.4, 0.5) is 0 Å². The van der Waals surface area contributed by atoms with Gasteiger partial charge in [0, 0.05) is 24.2 Å². The average Bonchev–Trinajstić information content (AvgIpc) is 2.56. The number of benzene rings is 2. The summed E-state index contributed by atoms with van der Waals surface area (Å²) < 4.78 is 0. The fourth-order valence-electron chi connectivity index (χ4n) is 2.93. The van der Waals surface area contributed by atoms with Crippen molar-refractivity contribution in [3.8, 4) is 0 Å². The van der Waals surface area contributed by atoms with Crippen molar-refractivity contribution in [2.45, 2.75) is 26.4 Å². The monoisotopic (exact) mass is 290 g/mol. The lowest BCUT2D eigenvalue weighted by atomic mass is 9.95. The number of rotatable bonds is 5. The van der Waals surface area contributed by atoms with E-state index >= 15 is 0 Å². The van der Waals surface area contributed by atoms with Crippen molar-refractivity contribution in [3.05, 3.63) is 78.0 Å². The van der Waals surface area contributed by atoms with Gasteiger partial charge in [-0.15, -0.1) is 0 Å². The van der Waals surface area contributed by atoms with E-state index in [0.29, 0.717) is 12.0 Å². The fraction of sp³-hybridized carbons (Fsp3) is 0.250. The second-order valence-electron chi connectivity index (χ2n) is 6.01. The first-order valence-electron chi connectivity index (χ1n) is 7.86. The highest BCUT2D eigenvalue weighted by atomic mass is 14.9. The SMILES string of the molecule is CC(C)C(NCc1cccc2cccnc12)c1ccccc1. The van der Waals surface area contributed by atoms with Crippen LogP contribution in [0.25, 0.3) is 10.9 Å². The Labute approximate surface area is 132 Å². The van der Waals surface area contributed by atoms with E-state index < -0.39 is 0 Å².